The molecule has 0 aliphatic rings. The first-order chi connectivity index (χ1) is 19.7. The van der Waals surface area contributed by atoms with Gasteiger partial charge in [-0.25, -0.2) is 9.97 Å². The van der Waals surface area contributed by atoms with E-state index in [1.54, 1.807) is 11.8 Å². The summed E-state index contributed by atoms with van der Waals surface area (Å²) in [5.74, 6) is 1.74. The summed E-state index contributed by atoms with van der Waals surface area (Å²) >= 11 is 2.58. The second kappa shape index (κ2) is 11.1. The van der Waals surface area contributed by atoms with Gasteiger partial charge in [0.15, 0.2) is 5.65 Å². The van der Waals surface area contributed by atoms with E-state index in [4.69, 9.17) is 14.7 Å². The molecule has 0 radical (unpaired) electrons. The number of benzene rings is 2. The topological polar surface area (TPSA) is 113 Å². The number of imidazole rings is 1. The van der Waals surface area contributed by atoms with Crippen LogP contribution in [-0.4, -0.2) is 29.7 Å². The number of nitrogens with zero attached hydrogens (tertiary/aromatic N) is 3. The molecule has 0 aliphatic carbocycles. The molecule has 42 heavy (non-hydrogen) atoms. The number of ether oxygens (including phenoxy) is 1. The van der Waals surface area contributed by atoms with Crippen molar-refractivity contribution in [3.63, 3.8) is 0 Å². The molecule has 8 nitrogen and oxygen atoms in total. The van der Waals surface area contributed by atoms with Crippen molar-refractivity contribution < 1.29 is 14.9 Å². The summed E-state index contributed by atoms with van der Waals surface area (Å²) in [7, 11) is 1.93. The van der Waals surface area contributed by atoms with Crippen molar-refractivity contribution in [2.75, 3.05) is 0 Å². The summed E-state index contributed by atoms with van der Waals surface area (Å²) in [6.07, 6.45) is 0.464. The summed E-state index contributed by atoms with van der Waals surface area (Å²) in [6, 6.07) is 15.7. The third kappa shape index (κ3) is 6.34. The maximum absolute atomic E-state index is 11.4. The first-order valence-electron chi connectivity index (χ1n) is 13.7. The lowest BCUT2D eigenvalue weighted by atomic mass is 9.79. The van der Waals surface area contributed by atoms with Crippen molar-refractivity contribution in [3.05, 3.63) is 85.6 Å². The smallest absolute Gasteiger partial charge is 0.307 e. The number of pyridine rings is 1. The molecular weight excluding hydrogens is 569 g/mol. The largest absolute Gasteiger partial charge is 0.507 e. The van der Waals surface area contributed by atoms with E-state index in [9.17, 15) is 15.0 Å². The van der Waals surface area contributed by atoms with E-state index in [2.05, 4.69) is 58.7 Å². The number of phenolic OH excluding ortho intramolecular Hbond substituents is 1. The number of H-pyrrole nitrogens is 1. The van der Waals surface area contributed by atoms with Crippen LogP contribution >= 0.6 is 23.1 Å². The summed E-state index contributed by atoms with van der Waals surface area (Å²) in [5.41, 5.74) is 3.95. The summed E-state index contributed by atoms with van der Waals surface area (Å²) < 4.78 is 7.97. The number of thiazole rings is 1. The van der Waals surface area contributed by atoms with Gasteiger partial charge in [0.2, 0.25) is 5.88 Å². The molecule has 3 aromatic heterocycles. The van der Waals surface area contributed by atoms with Crippen LogP contribution in [0.3, 0.4) is 0 Å². The zero-order valence-electron chi connectivity index (χ0n) is 24.9. The number of rotatable bonds is 7. The Morgan fingerprint density at radius 3 is 2.17 bits per heavy atom. The molecule has 0 spiro atoms. The van der Waals surface area contributed by atoms with Crippen molar-refractivity contribution in [2.24, 2.45) is 7.05 Å². The molecule has 10 heteroatoms. The number of aromatic hydroxyl groups is 2. The number of hydrogen-bond donors (Lipinski definition) is 3. The van der Waals surface area contributed by atoms with E-state index < -0.39 is 0 Å². The molecule has 0 bridgehead atoms. The fraction of sp³-hybridized carbons (Fsp3) is 0.344. The first-order valence-corrected chi connectivity index (χ1v) is 15.3. The van der Waals surface area contributed by atoms with Crippen LogP contribution in [0.1, 0.15) is 68.9 Å². The molecule has 5 aromatic rings. The standard InChI is InChI=1S/C32H36N4O4S2/c1-31(2,3)21-15-20(16-22(27(21)37)32(4,5)6)41-26-13-12-23-28(34-26)36(7)25(33-23)17-40-19-10-8-18(9-11-19)14-24-29(38)35-30(39)42-24/h8-13,15-16,37-38H,14,17H2,1-7H3,(H,35,39). The van der Waals surface area contributed by atoms with Gasteiger partial charge in [-0.3, -0.25) is 9.78 Å². The van der Waals surface area contributed by atoms with E-state index in [1.165, 1.54) is 0 Å². The molecule has 0 saturated heterocycles. The van der Waals surface area contributed by atoms with Crippen LogP contribution in [0.4, 0.5) is 0 Å². The number of phenols is 1. The maximum Gasteiger partial charge on any atom is 0.307 e. The third-order valence-electron chi connectivity index (χ3n) is 7.06. The van der Waals surface area contributed by atoms with Crippen LogP contribution in [0.2, 0.25) is 0 Å². The predicted molar refractivity (Wildman–Crippen MR) is 168 cm³/mol. The third-order valence-corrected chi connectivity index (χ3v) is 8.84. The van der Waals surface area contributed by atoms with Gasteiger partial charge in [0.1, 0.15) is 34.5 Å². The van der Waals surface area contributed by atoms with Gasteiger partial charge in [-0.1, -0.05) is 76.8 Å². The maximum atomic E-state index is 11.4. The Hall–Kier alpha value is -3.76. The Morgan fingerprint density at radius 1 is 0.952 bits per heavy atom. The van der Waals surface area contributed by atoms with Crippen LogP contribution < -0.4 is 9.61 Å². The van der Waals surface area contributed by atoms with Crippen molar-refractivity contribution in [1.82, 2.24) is 19.5 Å². The van der Waals surface area contributed by atoms with E-state index in [0.717, 1.165) is 54.9 Å². The quantitative estimate of drug-likeness (QED) is 0.183. The minimum Gasteiger partial charge on any atom is -0.507 e. The van der Waals surface area contributed by atoms with Gasteiger partial charge < -0.3 is 19.5 Å². The SMILES string of the molecule is Cn1c(COc2ccc(Cc3sc(=O)[nH]c3O)cc2)nc2ccc(Sc3cc(C(C)(C)C)c(O)c(C(C)(C)C)c3)nc21. The Labute approximate surface area is 253 Å². The van der Waals surface area contributed by atoms with Crippen LogP contribution in [0.5, 0.6) is 17.4 Å². The number of fused-ring (bicyclic) bond motifs is 1. The molecule has 0 amide bonds. The molecule has 0 fully saturated rings. The van der Waals surface area contributed by atoms with Crippen LogP contribution in [0.15, 0.2) is 63.2 Å². The highest BCUT2D eigenvalue weighted by Crippen LogP contribution is 2.43. The Bertz CT molecular complexity index is 1770. The second-order valence-electron chi connectivity index (χ2n) is 12.4. The summed E-state index contributed by atoms with van der Waals surface area (Å²) in [5, 5.41) is 21.8. The molecule has 0 aliphatic heterocycles. The van der Waals surface area contributed by atoms with Crippen molar-refractivity contribution in [1.29, 1.82) is 0 Å². The average molecular weight is 605 g/mol. The fourth-order valence-corrected chi connectivity index (χ4v) is 6.34. The summed E-state index contributed by atoms with van der Waals surface area (Å²) in [4.78, 5) is 24.8. The lowest BCUT2D eigenvalue weighted by Gasteiger charge is -2.28. The number of aromatic nitrogens is 4. The normalized spacial score (nSPS) is 12.3. The van der Waals surface area contributed by atoms with E-state index in [0.29, 0.717) is 22.8 Å². The molecule has 220 valence electrons. The first kappa shape index (κ1) is 29.7. The van der Waals surface area contributed by atoms with Gasteiger partial charge in [0.25, 0.3) is 0 Å². The molecule has 3 N–H and O–H groups in total. The van der Waals surface area contributed by atoms with Crippen molar-refractivity contribution in [2.45, 2.75) is 75.3 Å². The van der Waals surface area contributed by atoms with Gasteiger partial charge in [-0.2, -0.15) is 0 Å². The number of nitrogens with one attached hydrogen (secondary N) is 1. The molecule has 2 aromatic carbocycles. The average Bonchev–Trinajstić information content (AvgIpc) is 3.39. The molecule has 0 unspecified atom stereocenters. The highest BCUT2D eigenvalue weighted by molar-refractivity contribution is 7.99. The van der Waals surface area contributed by atoms with Gasteiger partial charge in [-0.05, 0) is 52.8 Å². The molecule has 0 saturated carbocycles. The van der Waals surface area contributed by atoms with E-state index >= 15 is 0 Å². The van der Waals surface area contributed by atoms with Gasteiger partial charge >= 0.3 is 4.87 Å². The number of aryl methyl sites for hydroxylation is 1. The minimum atomic E-state index is -0.269. The van der Waals surface area contributed by atoms with E-state index in [-0.39, 0.29) is 28.2 Å². The van der Waals surface area contributed by atoms with E-state index in [1.807, 2.05) is 48.0 Å². The number of aromatic amines is 1. The predicted octanol–water partition coefficient (Wildman–Crippen LogP) is 7.05. The van der Waals surface area contributed by atoms with Crippen molar-refractivity contribution in [3.8, 4) is 17.4 Å². The highest BCUT2D eigenvalue weighted by atomic mass is 32.2. The summed E-state index contributed by atoms with van der Waals surface area (Å²) in [6.45, 7) is 12.9. The number of hydrogen-bond acceptors (Lipinski definition) is 8. The lowest BCUT2D eigenvalue weighted by molar-refractivity contribution is 0.292. The molecule has 3 heterocycles. The minimum absolute atomic E-state index is 0.0743. The molecule has 5 rings (SSSR count). The zero-order chi connectivity index (χ0) is 30.4. The Morgan fingerprint density at radius 2 is 1.60 bits per heavy atom. The molecular formula is C32H36N4O4S2. The zero-order valence-corrected chi connectivity index (χ0v) is 26.5. The monoisotopic (exact) mass is 604 g/mol. The Balaban J connectivity index is 1.33. The van der Waals surface area contributed by atoms with Crippen LogP contribution in [0, 0.1) is 0 Å². The highest BCUT2D eigenvalue weighted by Gasteiger charge is 2.27. The Kier molecular flexibility index (Phi) is 7.89. The second-order valence-corrected chi connectivity index (χ2v) is 14.6. The lowest BCUT2D eigenvalue weighted by Crippen LogP contribution is -2.17. The molecule has 0 atom stereocenters. The fourth-order valence-electron chi connectivity index (χ4n) is 4.72. The van der Waals surface area contributed by atoms with Gasteiger partial charge in [-0.15, -0.1) is 0 Å². The van der Waals surface area contributed by atoms with Gasteiger partial charge in [0, 0.05) is 29.5 Å². The van der Waals surface area contributed by atoms with Gasteiger partial charge in [0.05, 0.1) is 4.88 Å². The van der Waals surface area contributed by atoms with Crippen molar-refractivity contribution >= 4 is 34.3 Å². The van der Waals surface area contributed by atoms with Crippen LogP contribution in [0.25, 0.3) is 11.2 Å². The van der Waals surface area contributed by atoms with Crippen LogP contribution in [-0.2, 0) is 30.9 Å².